The lowest BCUT2D eigenvalue weighted by Crippen LogP contribution is -2.24. The summed E-state index contributed by atoms with van der Waals surface area (Å²) in [5, 5.41) is 2.97. The van der Waals surface area contributed by atoms with Gasteiger partial charge in [-0.15, -0.1) is 12.8 Å². The standard InChI is InChI=1S/C27H22BrNO4/c1-4-16-32-24-15-12-20(18-25(24)31-3)22-8-6-7-9-23(22)29-27(30)26(33-17-5-2)19-10-13-21(28)14-11-19/h1-2,6-15,18,26H,16-17H2,3H3,(H,29,30). The van der Waals surface area contributed by atoms with Crippen molar-refractivity contribution in [3.63, 3.8) is 0 Å². The van der Waals surface area contributed by atoms with Gasteiger partial charge in [0.25, 0.3) is 5.91 Å². The van der Waals surface area contributed by atoms with Crippen molar-refractivity contribution in [2.24, 2.45) is 0 Å². The van der Waals surface area contributed by atoms with Gasteiger partial charge in [0.15, 0.2) is 17.6 Å². The number of para-hydroxylation sites is 1. The minimum atomic E-state index is -0.865. The van der Waals surface area contributed by atoms with Crippen LogP contribution in [0.15, 0.2) is 71.2 Å². The van der Waals surface area contributed by atoms with Gasteiger partial charge in [0.1, 0.15) is 13.2 Å². The van der Waals surface area contributed by atoms with Crippen LogP contribution in [-0.4, -0.2) is 26.2 Å². The Morgan fingerprint density at radius 3 is 2.42 bits per heavy atom. The molecule has 0 heterocycles. The van der Waals surface area contributed by atoms with E-state index < -0.39 is 6.10 Å². The van der Waals surface area contributed by atoms with E-state index >= 15 is 0 Å². The maximum absolute atomic E-state index is 13.2. The first-order chi connectivity index (χ1) is 16.1. The first kappa shape index (κ1) is 23.9. The highest BCUT2D eigenvalue weighted by molar-refractivity contribution is 9.10. The maximum atomic E-state index is 13.2. The van der Waals surface area contributed by atoms with Gasteiger partial charge in [-0.05, 0) is 41.5 Å². The molecule has 3 aromatic carbocycles. The van der Waals surface area contributed by atoms with Crippen LogP contribution in [0.5, 0.6) is 11.5 Å². The van der Waals surface area contributed by atoms with E-state index in [2.05, 4.69) is 33.1 Å². The van der Waals surface area contributed by atoms with Crippen molar-refractivity contribution in [3.05, 3.63) is 76.8 Å². The number of carbonyl (C=O) groups is 1. The van der Waals surface area contributed by atoms with Crippen molar-refractivity contribution in [2.75, 3.05) is 25.6 Å². The number of halogens is 1. The van der Waals surface area contributed by atoms with Crippen LogP contribution in [0.4, 0.5) is 5.69 Å². The summed E-state index contributed by atoms with van der Waals surface area (Å²) in [7, 11) is 1.56. The fourth-order valence-electron chi connectivity index (χ4n) is 3.21. The van der Waals surface area contributed by atoms with Gasteiger partial charge in [0.2, 0.25) is 0 Å². The van der Waals surface area contributed by atoms with Crippen LogP contribution in [0, 0.1) is 24.7 Å². The molecule has 6 heteroatoms. The lowest BCUT2D eigenvalue weighted by molar-refractivity contribution is -0.126. The van der Waals surface area contributed by atoms with Gasteiger partial charge in [-0.3, -0.25) is 4.79 Å². The summed E-state index contributed by atoms with van der Waals surface area (Å²) in [4.78, 5) is 13.2. The first-order valence-electron chi connectivity index (χ1n) is 10.0. The molecule has 1 N–H and O–H groups in total. The monoisotopic (exact) mass is 503 g/mol. The van der Waals surface area contributed by atoms with Crippen molar-refractivity contribution in [2.45, 2.75) is 6.10 Å². The topological polar surface area (TPSA) is 56.8 Å². The van der Waals surface area contributed by atoms with E-state index in [0.717, 1.165) is 15.6 Å². The summed E-state index contributed by atoms with van der Waals surface area (Å²) in [5.41, 5.74) is 2.95. The van der Waals surface area contributed by atoms with Crippen LogP contribution in [0.1, 0.15) is 11.7 Å². The molecule has 1 atom stereocenters. The van der Waals surface area contributed by atoms with E-state index in [4.69, 9.17) is 27.1 Å². The fraction of sp³-hybridized carbons (Fsp3) is 0.148. The van der Waals surface area contributed by atoms with Crippen molar-refractivity contribution in [1.29, 1.82) is 0 Å². The molecule has 0 aliphatic carbocycles. The predicted molar refractivity (Wildman–Crippen MR) is 133 cm³/mol. The maximum Gasteiger partial charge on any atom is 0.258 e. The molecule has 0 saturated heterocycles. The molecule has 0 spiro atoms. The number of nitrogens with one attached hydrogen (secondary N) is 1. The molecule has 0 saturated carbocycles. The van der Waals surface area contributed by atoms with Crippen LogP contribution in [0.2, 0.25) is 0 Å². The Balaban J connectivity index is 1.90. The number of carbonyl (C=O) groups excluding carboxylic acids is 1. The zero-order valence-corrected chi connectivity index (χ0v) is 19.6. The molecule has 0 bridgehead atoms. The molecule has 1 unspecified atom stereocenters. The van der Waals surface area contributed by atoms with Gasteiger partial charge < -0.3 is 19.5 Å². The molecular formula is C27H22BrNO4. The van der Waals surface area contributed by atoms with E-state index in [1.54, 1.807) is 13.2 Å². The second-order valence-electron chi connectivity index (χ2n) is 6.84. The van der Waals surface area contributed by atoms with Gasteiger partial charge >= 0.3 is 0 Å². The second-order valence-corrected chi connectivity index (χ2v) is 7.76. The molecule has 0 aromatic heterocycles. The largest absolute Gasteiger partial charge is 0.493 e. The van der Waals surface area contributed by atoms with E-state index in [-0.39, 0.29) is 19.1 Å². The average Bonchev–Trinajstić information content (AvgIpc) is 2.84. The molecule has 0 radical (unpaired) electrons. The Labute approximate surface area is 202 Å². The highest BCUT2D eigenvalue weighted by Crippen LogP contribution is 2.36. The summed E-state index contributed by atoms with van der Waals surface area (Å²) in [6.45, 7) is 0.142. The van der Waals surface area contributed by atoms with Crippen LogP contribution in [0.3, 0.4) is 0 Å². The van der Waals surface area contributed by atoms with Gasteiger partial charge in [0.05, 0.1) is 7.11 Å². The smallest absolute Gasteiger partial charge is 0.258 e. The highest BCUT2D eigenvalue weighted by Gasteiger charge is 2.22. The predicted octanol–water partition coefficient (Wildman–Crippen LogP) is 5.47. The third-order valence-corrected chi connectivity index (χ3v) is 5.24. The summed E-state index contributed by atoms with van der Waals surface area (Å²) in [5.74, 6) is 5.60. The number of amides is 1. The molecule has 3 rings (SSSR count). The number of rotatable bonds is 9. The molecule has 1 amide bonds. The van der Waals surface area contributed by atoms with Crippen molar-refractivity contribution >= 4 is 27.5 Å². The third-order valence-electron chi connectivity index (χ3n) is 4.71. The Hall–Kier alpha value is -3.71. The Kier molecular flexibility index (Phi) is 8.55. The Bertz CT molecular complexity index is 1190. The molecule has 33 heavy (non-hydrogen) atoms. The van der Waals surface area contributed by atoms with E-state index in [1.807, 2.05) is 60.7 Å². The molecule has 0 aliphatic rings. The SMILES string of the molecule is C#CCOc1ccc(-c2ccccc2NC(=O)C(OCC#C)c2ccc(Br)cc2)cc1OC. The van der Waals surface area contributed by atoms with Gasteiger partial charge in [-0.2, -0.15) is 0 Å². The number of methoxy groups -OCH3 is 1. The summed E-state index contributed by atoms with van der Waals surface area (Å²) in [6.07, 6.45) is 9.77. The van der Waals surface area contributed by atoms with Gasteiger partial charge in [0, 0.05) is 15.7 Å². The van der Waals surface area contributed by atoms with E-state index in [1.165, 1.54) is 0 Å². The minimum absolute atomic E-state index is 0.00607. The third kappa shape index (κ3) is 6.17. The summed E-state index contributed by atoms with van der Waals surface area (Å²) >= 11 is 3.40. The summed E-state index contributed by atoms with van der Waals surface area (Å²) < 4.78 is 17.5. The van der Waals surface area contributed by atoms with E-state index in [9.17, 15) is 4.79 Å². The quantitative estimate of drug-likeness (QED) is 0.393. The zero-order valence-electron chi connectivity index (χ0n) is 18.0. The van der Waals surface area contributed by atoms with Gasteiger partial charge in [-0.25, -0.2) is 0 Å². The molecule has 166 valence electrons. The summed E-state index contributed by atoms with van der Waals surface area (Å²) in [6, 6.07) is 20.3. The highest BCUT2D eigenvalue weighted by atomic mass is 79.9. The lowest BCUT2D eigenvalue weighted by atomic mass is 10.0. The zero-order chi connectivity index (χ0) is 23.6. The molecule has 3 aromatic rings. The van der Waals surface area contributed by atoms with Crippen LogP contribution in [-0.2, 0) is 9.53 Å². The minimum Gasteiger partial charge on any atom is -0.493 e. The number of ether oxygens (including phenoxy) is 3. The van der Waals surface area contributed by atoms with Crippen LogP contribution < -0.4 is 14.8 Å². The van der Waals surface area contributed by atoms with Crippen LogP contribution in [0.25, 0.3) is 11.1 Å². The van der Waals surface area contributed by atoms with Crippen LogP contribution >= 0.6 is 15.9 Å². The number of anilines is 1. The molecule has 5 nitrogen and oxygen atoms in total. The van der Waals surface area contributed by atoms with Crippen molar-refractivity contribution < 1.29 is 19.0 Å². The average molecular weight is 504 g/mol. The lowest BCUT2D eigenvalue weighted by Gasteiger charge is -2.19. The number of hydrogen-bond donors (Lipinski definition) is 1. The van der Waals surface area contributed by atoms with E-state index in [0.29, 0.717) is 22.7 Å². The normalized spacial score (nSPS) is 11.0. The Morgan fingerprint density at radius 1 is 1.00 bits per heavy atom. The van der Waals surface area contributed by atoms with Crippen molar-refractivity contribution in [3.8, 4) is 47.3 Å². The number of hydrogen-bond acceptors (Lipinski definition) is 4. The fourth-order valence-corrected chi connectivity index (χ4v) is 3.47. The Morgan fingerprint density at radius 2 is 1.73 bits per heavy atom. The molecule has 0 fully saturated rings. The molecular weight excluding hydrogens is 482 g/mol. The molecule has 0 aliphatic heterocycles. The first-order valence-corrected chi connectivity index (χ1v) is 10.8. The second kappa shape index (κ2) is 11.8. The van der Waals surface area contributed by atoms with Gasteiger partial charge in [-0.1, -0.05) is 64.2 Å². The van der Waals surface area contributed by atoms with Crippen molar-refractivity contribution in [1.82, 2.24) is 0 Å². The number of terminal acetylenes is 2. The number of benzene rings is 3.